The number of benzene rings is 2. The van der Waals surface area contributed by atoms with E-state index in [4.69, 9.17) is 9.47 Å². The predicted molar refractivity (Wildman–Crippen MR) is 96.5 cm³/mol. The molecule has 0 aliphatic carbocycles. The first kappa shape index (κ1) is 17.0. The maximum Gasteiger partial charge on any atom is 0.414 e. The molecule has 2 aromatic carbocycles. The van der Waals surface area contributed by atoms with Crippen molar-refractivity contribution in [1.29, 1.82) is 0 Å². The first-order chi connectivity index (χ1) is 13.1. The summed E-state index contributed by atoms with van der Waals surface area (Å²) in [6, 6.07) is 15.2. The van der Waals surface area contributed by atoms with Crippen LogP contribution in [0.15, 0.2) is 54.7 Å². The molecule has 3 aromatic rings. The topological polar surface area (TPSA) is 99.7 Å². The molecule has 1 N–H and O–H groups in total. The molecule has 0 spiro atoms. The van der Waals surface area contributed by atoms with Gasteiger partial charge in [0.2, 0.25) is 0 Å². The van der Waals surface area contributed by atoms with Gasteiger partial charge in [0.05, 0.1) is 13.2 Å². The van der Waals surface area contributed by atoms with Crippen LogP contribution in [-0.2, 0) is 17.9 Å². The molecule has 1 aromatic heterocycles. The van der Waals surface area contributed by atoms with E-state index in [-0.39, 0.29) is 23.7 Å². The number of fused-ring (bicyclic) bond motifs is 1. The van der Waals surface area contributed by atoms with Crippen molar-refractivity contribution in [2.24, 2.45) is 0 Å². The molecular formula is C19H17N3O5. The highest BCUT2D eigenvalue weighted by atomic mass is 16.6. The summed E-state index contributed by atoms with van der Waals surface area (Å²) in [6.07, 6.45) is 1.13. The minimum absolute atomic E-state index is 0.221. The van der Waals surface area contributed by atoms with Crippen molar-refractivity contribution >= 4 is 5.82 Å². The Morgan fingerprint density at radius 1 is 1.26 bits per heavy atom. The summed E-state index contributed by atoms with van der Waals surface area (Å²) < 4.78 is 13.0. The normalized spacial score (nSPS) is 15.8. The average molecular weight is 367 g/mol. The summed E-state index contributed by atoms with van der Waals surface area (Å²) in [7, 11) is 0. The van der Waals surface area contributed by atoms with E-state index in [0.29, 0.717) is 19.8 Å². The summed E-state index contributed by atoms with van der Waals surface area (Å²) in [5.74, 6) is -0.0109. The Morgan fingerprint density at radius 3 is 2.81 bits per heavy atom. The van der Waals surface area contributed by atoms with Gasteiger partial charge in [-0.1, -0.05) is 30.3 Å². The number of phenols is 1. The van der Waals surface area contributed by atoms with E-state index in [1.807, 2.05) is 30.3 Å². The molecule has 8 heteroatoms. The number of hydrogen-bond acceptors (Lipinski definition) is 6. The zero-order chi connectivity index (χ0) is 18.8. The number of ether oxygens (including phenoxy) is 2. The van der Waals surface area contributed by atoms with Crippen molar-refractivity contribution in [2.45, 2.75) is 19.3 Å². The zero-order valence-corrected chi connectivity index (χ0v) is 14.3. The van der Waals surface area contributed by atoms with Gasteiger partial charge in [-0.2, -0.15) is 0 Å². The lowest BCUT2D eigenvalue weighted by Crippen LogP contribution is -2.32. The zero-order valence-electron chi connectivity index (χ0n) is 14.3. The SMILES string of the molecule is O=[N+]([O-])c1cn2c(n1)OC[C@@H](OCc1cccc(-c3cccc(O)c3)c1)C2. The Kier molecular flexibility index (Phi) is 4.47. The van der Waals surface area contributed by atoms with Crippen LogP contribution in [0.25, 0.3) is 11.1 Å². The highest BCUT2D eigenvalue weighted by molar-refractivity contribution is 5.65. The van der Waals surface area contributed by atoms with Crippen molar-refractivity contribution in [3.8, 4) is 22.9 Å². The van der Waals surface area contributed by atoms with E-state index in [1.165, 1.54) is 6.20 Å². The van der Waals surface area contributed by atoms with E-state index in [1.54, 1.807) is 22.8 Å². The third-order valence-electron chi connectivity index (χ3n) is 4.31. The van der Waals surface area contributed by atoms with Gasteiger partial charge in [0, 0.05) is 4.98 Å². The molecule has 8 nitrogen and oxygen atoms in total. The minimum Gasteiger partial charge on any atom is -0.508 e. The Hall–Kier alpha value is -3.39. The summed E-state index contributed by atoms with van der Waals surface area (Å²) in [6.45, 7) is 1.12. The fraction of sp³-hybridized carbons (Fsp3) is 0.211. The maximum absolute atomic E-state index is 10.8. The minimum atomic E-state index is -0.544. The highest BCUT2D eigenvalue weighted by Crippen LogP contribution is 2.25. The Labute approximate surface area is 154 Å². The third kappa shape index (κ3) is 3.75. The van der Waals surface area contributed by atoms with Crippen molar-refractivity contribution in [2.75, 3.05) is 6.61 Å². The van der Waals surface area contributed by atoms with Gasteiger partial charge in [0.25, 0.3) is 0 Å². The number of nitrogens with zero attached hydrogens (tertiary/aromatic N) is 3. The molecule has 0 unspecified atom stereocenters. The van der Waals surface area contributed by atoms with Gasteiger partial charge >= 0.3 is 11.8 Å². The van der Waals surface area contributed by atoms with E-state index in [9.17, 15) is 15.2 Å². The monoisotopic (exact) mass is 367 g/mol. The largest absolute Gasteiger partial charge is 0.508 e. The molecule has 0 radical (unpaired) electrons. The van der Waals surface area contributed by atoms with Gasteiger partial charge in [0.15, 0.2) is 0 Å². The lowest BCUT2D eigenvalue weighted by molar-refractivity contribution is -0.389. The second-order valence-corrected chi connectivity index (χ2v) is 6.29. The number of aromatic nitrogens is 2. The van der Waals surface area contributed by atoms with E-state index in [0.717, 1.165) is 16.7 Å². The lowest BCUT2D eigenvalue weighted by Gasteiger charge is -2.22. The fourth-order valence-electron chi connectivity index (χ4n) is 3.00. The van der Waals surface area contributed by atoms with Gasteiger partial charge in [-0.05, 0) is 39.8 Å². The number of imidazole rings is 1. The molecule has 27 heavy (non-hydrogen) atoms. The van der Waals surface area contributed by atoms with Crippen molar-refractivity contribution in [1.82, 2.24) is 9.55 Å². The van der Waals surface area contributed by atoms with Crippen LogP contribution in [0.5, 0.6) is 11.8 Å². The molecule has 0 fully saturated rings. The van der Waals surface area contributed by atoms with Gasteiger partial charge in [0.1, 0.15) is 24.7 Å². The standard InChI is InChI=1S/C19H17N3O5/c23-16-6-2-5-15(8-16)14-4-1-3-13(7-14)11-26-17-9-21-10-18(22(24)25)20-19(21)27-12-17/h1-8,10,17,23H,9,11-12H2/t17-/m0/s1. The quantitative estimate of drug-likeness (QED) is 0.549. The summed E-state index contributed by atoms with van der Waals surface area (Å²) in [5.41, 5.74) is 2.89. The van der Waals surface area contributed by atoms with Crippen LogP contribution in [0.3, 0.4) is 0 Å². The molecule has 0 saturated carbocycles. The molecular weight excluding hydrogens is 350 g/mol. The Morgan fingerprint density at radius 2 is 2.04 bits per heavy atom. The predicted octanol–water partition coefficient (Wildman–Crippen LogP) is 3.14. The highest BCUT2D eigenvalue weighted by Gasteiger charge is 2.28. The first-order valence-corrected chi connectivity index (χ1v) is 8.43. The fourth-order valence-corrected chi connectivity index (χ4v) is 3.00. The van der Waals surface area contributed by atoms with Crippen LogP contribution in [-0.4, -0.2) is 32.3 Å². The van der Waals surface area contributed by atoms with Gasteiger partial charge < -0.3 is 24.7 Å². The van der Waals surface area contributed by atoms with Crippen molar-refractivity contribution in [3.63, 3.8) is 0 Å². The number of hydrogen-bond donors (Lipinski definition) is 1. The lowest BCUT2D eigenvalue weighted by atomic mass is 10.0. The van der Waals surface area contributed by atoms with E-state index < -0.39 is 4.92 Å². The molecule has 0 amide bonds. The molecule has 0 saturated heterocycles. The second-order valence-electron chi connectivity index (χ2n) is 6.29. The molecule has 138 valence electrons. The number of rotatable bonds is 5. The van der Waals surface area contributed by atoms with Crippen LogP contribution in [0, 0.1) is 10.1 Å². The maximum atomic E-state index is 10.8. The van der Waals surface area contributed by atoms with Gasteiger partial charge in [-0.3, -0.25) is 4.57 Å². The van der Waals surface area contributed by atoms with Crippen LogP contribution < -0.4 is 4.74 Å². The molecule has 1 aliphatic heterocycles. The smallest absolute Gasteiger partial charge is 0.414 e. The van der Waals surface area contributed by atoms with E-state index >= 15 is 0 Å². The van der Waals surface area contributed by atoms with Crippen molar-refractivity contribution < 1.29 is 19.5 Å². The molecule has 1 aliphatic rings. The summed E-state index contributed by atoms with van der Waals surface area (Å²) >= 11 is 0. The van der Waals surface area contributed by atoms with Crippen LogP contribution in [0.2, 0.25) is 0 Å². The van der Waals surface area contributed by atoms with Crippen LogP contribution in [0.1, 0.15) is 5.56 Å². The van der Waals surface area contributed by atoms with Gasteiger partial charge in [-0.15, -0.1) is 0 Å². The molecule has 1 atom stereocenters. The van der Waals surface area contributed by atoms with Crippen molar-refractivity contribution in [3.05, 3.63) is 70.4 Å². The van der Waals surface area contributed by atoms with Crippen LogP contribution >= 0.6 is 0 Å². The number of nitro groups is 1. The number of phenolic OH excluding ortho intramolecular Hbond substituents is 1. The van der Waals surface area contributed by atoms with Crippen LogP contribution in [0.4, 0.5) is 5.82 Å². The molecule has 2 heterocycles. The summed E-state index contributed by atoms with van der Waals surface area (Å²) in [4.78, 5) is 14.1. The third-order valence-corrected chi connectivity index (χ3v) is 4.31. The second kappa shape index (κ2) is 7.08. The summed E-state index contributed by atoms with van der Waals surface area (Å²) in [5, 5.41) is 20.5. The Bertz CT molecular complexity index is 985. The molecule has 4 rings (SSSR count). The average Bonchev–Trinajstić information content (AvgIpc) is 3.10. The van der Waals surface area contributed by atoms with Gasteiger partial charge in [-0.25, -0.2) is 0 Å². The first-order valence-electron chi connectivity index (χ1n) is 8.43. The Balaban J connectivity index is 1.42. The molecule has 0 bridgehead atoms. The van der Waals surface area contributed by atoms with E-state index in [2.05, 4.69) is 4.98 Å². The number of aromatic hydroxyl groups is 1.